The van der Waals surface area contributed by atoms with Gasteiger partial charge in [0.2, 0.25) is 0 Å². The molecule has 0 unspecified atom stereocenters. The number of hydrogen-bond acceptors (Lipinski definition) is 5. The van der Waals surface area contributed by atoms with Crippen molar-refractivity contribution >= 4 is 11.8 Å². The first-order chi connectivity index (χ1) is 15.0. The van der Waals surface area contributed by atoms with Crippen molar-refractivity contribution in [2.45, 2.75) is 13.8 Å². The van der Waals surface area contributed by atoms with Crippen LogP contribution in [0.4, 0.5) is 0 Å². The molecule has 0 bridgehead atoms. The quantitative estimate of drug-likeness (QED) is 0.649. The Kier molecular flexibility index (Phi) is 5.70. The standard InChI is InChI=1S/C23H25N5O3/c1-16-6-4-8-19(14-16)28-17(2)21(24-25-28)23(30)27-12-10-26(11-13-27)22(29)18-7-5-9-20(15-18)31-3/h4-9,14-15H,10-13H2,1-3H3. The van der Waals surface area contributed by atoms with Crippen LogP contribution in [0.1, 0.15) is 32.1 Å². The fraction of sp³-hybridized carbons (Fsp3) is 0.304. The summed E-state index contributed by atoms with van der Waals surface area (Å²) >= 11 is 0. The Hall–Kier alpha value is -3.68. The van der Waals surface area contributed by atoms with E-state index in [2.05, 4.69) is 10.3 Å². The zero-order chi connectivity index (χ0) is 22.0. The Morgan fingerprint density at radius 1 is 0.903 bits per heavy atom. The van der Waals surface area contributed by atoms with Crippen LogP contribution in [0.5, 0.6) is 5.75 Å². The maximum absolute atomic E-state index is 13.1. The fourth-order valence-electron chi connectivity index (χ4n) is 3.73. The highest BCUT2D eigenvalue weighted by atomic mass is 16.5. The molecular weight excluding hydrogens is 394 g/mol. The number of ether oxygens (including phenoxy) is 1. The number of carbonyl (C=O) groups is 2. The molecule has 0 radical (unpaired) electrons. The van der Waals surface area contributed by atoms with Crippen LogP contribution in [-0.4, -0.2) is 69.9 Å². The van der Waals surface area contributed by atoms with Gasteiger partial charge in [0.05, 0.1) is 18.5 Å². The summed E-state index contributed by atoms with van der Waals surface area (Å²) in [6.07, 6.45) is 0. The van der Waals surface area contributed by atoms with Crippen molar-refractivity contribution in [3.8, 4) is 11.4 Å². The van der Waals surface area contributed by atoms with Gasteiger partial charge in [-0.15, -0.1) is 5.10 Å². The number of methoxy groups -OCH3 is 1. The molecule has 0 atom stereocenters. The summed E-state index contributed by atoms with van der Waals surface area (Å²) in [7, 11) is 1.57. The van der Waals surface area contributed by atoms with Crippen molar-refractivity contribution in [1.29, 1.82) is 0 Å². The summed E-state index contributed by atoms with van der Waals surface area (Å²) in [5.41, 5.74) is 3.60. The van der Waals surface area contributed by atoms with Crippen LogP contribution in [0.25, 0.3) is 5.69 Å². The lowest BCUT2D eigenvalue weighted by molar-refractivity contribution is 0.0531. The van der Waals surface area contributed by atoms with Crippen LogP contribution in [0.3, 0.4) is 0 Å². The molecule has 0 aliphatic carbocycles. The van der Waals surface area contributed by atoms with Crippen LogP contribution in [0.2, 0.25) is 0 Å². The van der Waals surface area contributed by atoms with Gasteiger partial charge in [-0.1, -0.05) is 23.4 Å². The molecule has 160 valence electrons. The smallest absolute Gasteiger partial charge is 0.276 e. The third-order valence-corrected chi connectivity index (χ3v) is 5.51. The predicted molar refractivity (Wildman–Crippen MR) is 116 cm³/mol. The van der Waals surface area contributed by atoms with Crippen molar-refractivity contribution in [2.75, 3.05) is 33.3 Å². The predicted octanol–water partition coefficient (Wildman–Crippen LogP) is 2.49. The molecule has 1 saturated heterocycles. The number of amides is 2. The van der Waals surface area contributed by atoms with E-state index in [1.807, 2.05) is 38.1 Å². The van der Waals surface area contributed by atoms with Gasteiger partial charge in [-0.25, -0.2) is 4.68 Å². The van der Waals surface area contributed by atoms with Gasteiger partial charge in [0.25, 0.3) is 11.8 Å². The van der Waals surface area contributed by atoms with E-state index in [-0.39, 0.29) is 11.8 Å². The highest BCUT2D eigenvalue weighted by Gasteiger charge is 2.28. The number of nitrogens with zero attached hydrogens (tertiary/aromatic N) is 5. The number of carbonyl (C=O) groups excluding carboxylic acids is 2. The lowest BCUT2D eigenvalue weighted by Crippen LogP contribution is -2.50. The number of aryl methyl sites for hydroxylation is 1. The SMILES string of the molecule is COc1cccc(C(=O)N2CCN(C(=O)c3nnn(-c4cccc(C)c4)c3C)CC2)c1. The normalized spacial score (nSPS) is 13.9. The van der Waals surface area contributed by atoms with Crippen molar-refractivity contribution < 1.29 is 14.3 Å². The summed E-state index contributed by atoms with van der Waals surface area (Å²) in [5, 5.41) is 8.33. The summed E-state index contributed by atoms with van der Waals surface area (Å²) in [4.78, 5) is 29.3. The van der Waals surface area contributed by atoms with Crippen molar-refractivity contribution in [1.82, 2.24) is 24.8 Å². The molecule has 0 N–H and O–H groups in total. The molecule has 3 aromatic rings. The Labute approximate surface area is 181 Å². The summed E-state index contributed by atoms with van der Waals surface area (Å²) in [6, 6.07) is 15.0. The highest BCUT2D eigenvalue weighted by Crippen LogP contribution is 2.18. The Morgan fingerprint density at radius 2 is 1.58 bits per heavy atom. The van der Waals surface area contributed by atoms with E-state index in [4.69, 9.17) is 4.74 Å². The van der Waals surface area contributed by atoms with Crippen LogP contribution < -0.4 is 4.74 Å². The first-order valence-corrected chi connectivity index (χ1v) is 10.2. The number of rotatable bonds is 4. The first-order valence-electron chi connectivity index (χ1n) is 10.2. The monoisotopic (exact) mass is 419 g/mol. The second-order valence-corrected chi connectivity index (χ2v) is 7.59. The summed E-state index contributed by atoms with van der Waals surface area (Å²) in [5.74, 6) is 0.421. The van der Waals surface area contributed by atoms with E-state index in [9.17, 15) is 9.59 Å². The first kappa shape index (κ1) is 20.6. The molecule has 1 aromatic heterocycles. The molecule has 4 rings (SSSR count). The van der Waals surface area contributed by atoms with Gasteiger partial charge in [-0.05, 0) is 49.7 Å². The maximum atomic E-state index is 13.1. The number of aromatic nitrogens is 3. The molecule has 1 aliphatic rings. The van der Waals surface area contributed by atoms with E-state index < -0.39 is 0 Å². The van der Waals surface area contributed by atoms with Gasteiger partial charge in [-0.2, -0.15) is 0 Å². The van der Waals surface area contributed by atoms with Gasteiger partial charge in [0.15, 0.2) is 5.69 Å². The summed E-state index contributed by atoms with van der Waals surface area (Å²) < 4.78 is 6.89. The number of benzene rings is 2. The van der Waals surface area contributed by atoms with E-state index >= 15 is 0 Å². The largest absolute Gasteiger partial charge is 0.497 e. The van der Waals surface area contributed by atoms with Gasteiger partial charge in [0.1, 0.15) is 5.75 Å². The zero-order valence-electron chi connectivity index (χ0n) is 17.9. The zero-order valence-corrected chi connectivity index (χ0v) is 17.9. The molecule has 2 heterocycles. The van der Waals surface area contributed by atoms with E-state index in [1.165, 1.54) is 0 Å². The molecule has 0 spiro atoms. The van der Waals surface area contributed by atoms with Gasteiger partial charge >= 0.3 is 0 Å². The lowest BCUT2D eigenvalue weighted by atomic mass is 10.1. The van der Waals surface area contributed by atoms with E-state index in [1.54, 1.807) is 45.9 Å². The third-order valence-electron chi connectivity index (χ3n) is 5.51. The molecule has 2 amide bonds. The number of piperazine rings is 1. The second kappa shape index (κ2) is 8.59. The Bertz CT molecular complexity index is 1120. The third kappa shape index (κ3) is 4.14. The van der Waals surface area contributed by atoms with Crippen molar-refractivity contribution in [3.63, 3.8) is 0 Å². The minimum absolute atomic E-state index is 0.0624. The Balaban J connectivity index is 1.43. The molecule has 0 saturated carbocycles. The Morgan fingerprint density at radius 3 is 2.26 bits per heavy atom. The van der Waals surface area contributed by atoms with Crippen LogP contribution in [0.15, 0.2) is 48.5 Å². The van der Waals surface area contributed by atoms with Crippen molar-refractivity contribution in [2.24, 2.45) is 0 Å². The van der Waals surface area contributed by atoms with Crippen LogP contribution >= 0.6 is 0 Å². The summed E-state index contributed by atoms with van der Waals surface area (Å²) in [6.45, 7) is 5.68. The fourth-order valence-corrected chi connectivity index (χ4v) is 3.73. The average Bonchev–Trinajstić information content (AvgIpc) is 3.19. The molecule has 1 fully saturated rings. The molecule has 8 nitrogen and oxygen atoms in total. The second-order valence-electron chi connectivity index (χ2n) is 7.59. The molecule has 31 heavy (non-hydrogen) atoms. The minimum Gasteiger partial charge on any atom is -0.497 e. The topological polar surface area (TPSA) is 80.6 Å². The van der Waals surface area contributed by atoms with Crippen LogP contribution in [0, 0.1) is 13.8 Å². The van der Waals surface area contributed by atoms with Crippen molar-refractivity contribution in [3.05, 3.63) is 71.0 Å². The molecule has 8 heteroatoms. The van der Waals surface area contributed by atoms with Gasteiger partial charge < -0.3 is 14.5 Å². The van der Waals surface area contributed by atoms with Crippen LogP contribution in [-0.2, 0) is 0 Å². The lowest BCUT2D eigenvalue weighted by Gasteiger charge is -2.34. The van der Waals surface area contributed by atoms with Gasteiger partial charge in [0, 0.05) is 31.7 Å². The minimum atomic E-state index is -0.162. The van der Waals surface area contributed by atoms with Gasteiger partial charge in [-0.3, -0.25) is 9.59 Å². The average molecular weight is 419 g/mol. The molecular formula is C23H25N5O3. The highest BCUT2D eigenvalue weighted by molar-refractivity contribution is 5.95. The molecule has 2 aromatic carbocycles. The number of hydrogen-bond donors (Lipinski definition) is 0. The maximum Gasteiger partial charge on any atom is 0.276 e. The van der Waals surface area contributed by atoms with E-state index in [0.717, 1.165) is 11.3 Å². The molecule has 1 aliphatic heterocycles. The van der Waals surface area contributed by atoms with E-state index in [0.29, 0.717) is 48.9 Å².